The monoisotopic (exact) mass is 448 g/mol. The zero-order valence-electron chi connectivity index (χ0n) is 18.5. The van der Waals surface area contributed by atoms with Gasteiger partial charge in [-0.05, 0) is 17.5 Å². The van der Waals surface area contributed by atoms with E-state index in [4.69, 9.17) is 9.47 Å². The molecule has 4 aromatic rings. The first kappa shape index (κ1) is 20.9. The average Bonchev–Trinajstić information content (AvgIpc) is 3.40. The minimum atomic E-state index is -0.939. The number of ether oxygens (including phenoxy) is 2. The molecule has 5 rings (SSSR count). The molecule has 0 aliphatic carbocycles. The maximum absolute atomic E-state index is 11.7. The summed E-state index contributed by atoms with van der Waals surface area (Å²) in [5.74, 6) is 1.24. The average molecular weight is 448 g/mol. The maximum atomic E-state index is 11.7. The molecular formula is C23H24N6O4. The summed E-state index contributed by atoms with van der Waals surface area (Å²) in [6.07, 6.45) is 6.17. The summed E-state index contributed by atoms with van der Waals surface area (Å²) in [5, 5.41) is 9.62. The molecule has 0 spiro atoms. The number of aromatic nitrogens is 5. The molecule has 1 fully saturated rings. The normalized spacial score (nSPS) is 18.7. The van der Waals surface area contributed by atoms with Gasteiger partial charge in [-0.15, -0.1) is 0 Å². The molecule has 1 N–H and O–H groups in total. The Hall–Kier alpha value is -3.95. The lowest BCUT2D eigenvalue weighted by Crippen LogP contribution is -2.48. The minimum absolute atomic E-state index is 0.292. The number of hydrogen-bond acceptors (Lipinski definition) is 7. The molecule has 1 aliphatic rings. The highest BCUT2D eigenvalue weighted by molar-refractivity contribution is 5.79. The number of carboxylic acid groups (broad SMARTS) is 1. The van der Waals surface area contributed by atoms with Crippen LogP contribution in [0.2, 0.25) is 0 Å². The molecule has 0 radical (unpaired) electrons. The standard InChI is InChI=1S/C23H24N6O4/c1-23(2,3)20-16(7-10-29(20)22(30)31)33-18-5-4-15-19(27-18)21(26-13-25-15)32-14-6-9-28-11-8-24-17(28)12-14/h4-6,8-9,11-13,16,20H,7,10H2,1-3H3,(H,30,31). The number of amides is 1. The van der Waals surface area contributed by atoms with Crippen LogP contribution in [0.15, 0.2) is 49.2 Å². The Balaban J connectivity index is 1.45. The molecule has 4 aromatic heterocycles. The first-order valence-electron chi connectivity index (χ1n) is 10.7. The molecule has 1 aliphatic heterocycles. The zero-order chi connectivity index (χ0) is 23.2. The van der Waals surface area contributed by atoms with E-state index in [0.29, 0.717) is 41.5 Å². The van der Waals surface area contributed by atoms with Gasteiger partial charge in [0.15, 0.2) is 5.52 Å². The number of imidazole rings is 1. The molecule has 5 heterocycles. The highest BCUT2D eigenvalue weighted by Crippen LogP contribution is 2.36. The molecule has 0 aromatic carbocycles. The first-order chi connectivity index (χ1) is 15.8. The van der Waals surface area contributed by atoms with E-state index < -0.39 is 6.09 Å². The van der Waals surface area contributed by atoms with Crippen molar-refractivity contribution in [1.29, 1.82) is 0 Å². The van der Waals surface area contributed by atoms with Crippen molar-refractivity contribution >= 4 is 22.8 Å². The van der Waals surface area contributed by atoms with Gasteiger partial charge >= 0.3 is 6.09 Å². The number of carbonyl (C=O) groups is 1. The zero-order valence-corrected chi connectivity index (χ0v) is 18.5. The molecule has 10 nitrogen and oxygen atoms in total. The van der Waals surface area contributed by atoms with Gasteiger partial charge in [0.2, 0.25) is 11.8 Å². The van der Waals surface area contributed by atoms with Crippen molar-refractivity contribution in [1.82, 2.24) is 29.2 Å². The fraction of sp³-hybridized carbons (Fsp3) is 0.348. The third kappa shape index (κ3) is 3.99. The second-order valence-corrected chi connectivity index (χ2v) is 9.09. The summed E-state index contributed by atoms with van der Waals surface area (Å²) in [6.45, 7) is 6.46. The van der Waals surface area contributed by atoms with Crippen LogP contribution in [0.4, 0.5) is 4.79 Å². The maximum Gasteiger partial charge on any atom is 0.407 e. The van der Waals surface area contributed by atoms with Gasteiger partial charge in [-0.3, -0.25) is 0 Å². The summed E-state index contributed by atoms with van der Waals surface area (Å²) in [4.78, 5) is 30.6. The predicted molar refractivity (Wildman–Crippen MR) is 120 cm³/mol. The second kappa shape index (κ2) is 7.88. The van der Waals surface area contributed by atoms with Gasteiger partial charge in [0, 0.05) is 43.7 Å². The summed E-state index contributed by atoms with van der Waals surface area (Å²) in [6, 6.07) is 6.85. The number of fused-ring (bicyclic) bond motifs is 2. The number of rotatable bonds is 4. The molecule has 0 saturated carbocycles. The van der Waals surface area contributed by atoms with E-state index in [1.54, 1.807) is 24.4 Å². The highest BCUT2D eigenvalue weighted by Gasteiger charge is 2.45. The van der Waals surface area contributed by atoms with Crippen LogP contribution in [0, 0.1) is 5.41 Å². The second-order valence-electron chi connectivity index (χ2n) is 9.09. The fourth-order valence-corrected chi connectivity index (χ4v) is 4.39. The Morgan fingerprint density at radius 2 is 2.00 bits per heavy atom. The highest BCUT2D eigenvalue weighted by atomic mass is 16.5. The Labute approximate surface area is 189 Å². The third-order valence-electron chi connectivity index (χ3n) is 5.75. The molecule has 1 saturated heterocycles. The van der Waals surface area contributed by atoms with E-state index in [1.165, 1.54) is 11.2 Å². The number of pyridine rings is 2. The van der Waals surface area contributed by atoms with Crippen LogP contribution < -0.4 is 9.47 Å². The SMILES string of the molecule is CC(C)(C)C1C(Oc2ccc3ncnc(Oc4ccn5ccnc5c4)c3n2)CCN1C(=O)O. The Kier molecular flexibility index (Phi) is 4.99. The van der Waals surface area contributed by atoms with Crippen molar-refractivity contribution in [3.8, 4) is 17.5 Å². The Morgan fingerprint density at radius 3 is 2.79 bits per heavy atom. The van der Waals surface area contributed by atoms with Gasteiger partial charge in [0.25, 0.3) is 0 Å². The fourth-order valence-electron chi connectivity index (χ4n) is 4.39. The van der Waals surface area contributed by atoms with Crippen LogP contribution in [0.1, 0.15) is 27.2 Å². The summed E-state index contributed by atoms with van der Waals surface area (Å²) >= 11 is 0. The molecule has 10 heteroatoms. The van der Waals surface area contributed by atoms with Crippen molar-refractivity contribution in [3.05, 3.63) is 49.2 Å². The summed E-state index contributed by atoms with van der Waals surface area (Å²) < 4.78 is 14.1. The van der Waals surface area contributed by atoms with Crippen molar-refractivity contribution in [3.63, 3.8) is 0 Å². The van der Waals surface area contributed by atoms with E-state index >= 15 is 0 Å². The summed E-state index contributed by atoms with van der Waals surface area (Å²) in [5.41, 5.74) is 1.53. The lowest BCUT2D eigenvalue weighted by molar-refractivity contribution is 0.0554. The molecule has 2 unspecified atom stereocenters. The van der Waals surface area contributed by atoms with Crippen molar-refractivity contribution in [2.45, 2.75) is 39.3 Å². The van der Waals surface area contributed by atoms with Gasteiger partial charge in [-0.1, -0.05) is 20.8 Å². The minimum Gasteiger partial charge on any atom is -0.472 e. The quantitative estimate of drug-likeness (QED) is 0.498. The van der Waals surface area contributed by atoms with Crippen molar-refractivity contribution in [2.24, 2.45) is 5.41 Å². The smallest absolute Gasteiger partial charge is 0.407 e. The molecular weight excluding hydrogens is 424 g/mol. The number of hydrogen-bond donors (Lipinski definition) is 1. The topological polar surface area (TPSA) is 115 Å². The van der Waals surface area contributed by atoms with Gasteiger partial charge < -0.3 is 23.9 Å². The van der Waals surface area contributed by atoms with E-state index in [1.807, 2.05) is 43.6 Å². The van der Waals surface area contributed by atoms with E-state index in [9.17, 15) is 9.90 Å². The number of likely N-dealkylation sites (tertiary alicyclic amines) is 1. The largest absolute Gasteiger partial charge is 0.472 e. The number of nitrogens with zero attached hydrogens (tertiary/aromatic N) is 6. The lowest BCUT2D eigenvalue weighted by Gasteiger charge is -2.36. The van der Waals surface area contributed by atoms with E-state index in [2.05, 4.69) is 19.9 Å². The van der Waals surface area contributed by atoms with E-state index in [-0.39, 0.29) is 17.6 Å². The Bertz CT molecular complexity index is 1330. The van der Waals surface area contributed by atoms with Crippen molar-refractivity contribution < 1.29 is 19.4 Å². The van der Waals surface area contributed by atoms with Crippen LogP contribution in [-0.2, 0) is 0 Å². The van der Waals surface area contributed by atoms with Crippen LogP contribution in [0.25, 0.3) is 16.7 Å². The van der Waals surface area contributed by atoms with Crippen LogP contribution in [0.3, 0.4) is 0 Å². The van der Waals surface area contributed by atoms with Gasteiger partial charge in [-0.2, -0.15) is 4.98 Å². The molecule has 0 bridgehead atoms. The van der Waals surface area contributed by atoms with Crippen LogP contribution >= 0.6 is 0 Å². The summed E-state index contributed by atoms with van der Waals surface area (Å²) in [7, 11) is 0. The van der Waals surface area contributed by atoms with Gasteiger partial charge in [0.05, 0.1) is 11.6 Å². The Morgan fingerprint density at radius 1 is 1.15 bits per heavy atom. The molecule has 170 valence electrons. The van der Waals surface area contributed by atoms with E-state index in [0.717, 1.165) is 5.65 Å². The van der Waals surface area contributed by atoms with Crippen LogP contribution in [0.5, 0.6) is 17.5 Å². The molecule has 33 heavy (non-hydrogen) atoms. The molecule has 1 amide bonds. The van der Waals surface area contributed by atoms with Crippen molar-refractivity contribution in [2.75, 3.05) is 6.54 Å². The van der Waals surface area contributed by atoms with Crippen LogP contribution in [-0.4, -0.2) is 59.1 Å². The predicted octanol–water partition coefficient (Wildman–Crippen LogP) is 4.01. The third-order valence-corrected chi connectivity index (χ3v) is 5.75. The van der Waals surface area contributed by atoms with Gasteiger partial charge in [-0.25, -0.2) is 19.7 Å². The van der Waals surface area contributed by atoms with Gasteiger partial charge in [0.1, 0.15) is 23.8 Å². The lowest BCUT2D eigenvalue weighted by atomic mass is 9.84. The first-order valence-corrected chi connectivity index (χ1v) is 10.7. The molecule has 2 atom stereocenters.